The van der Waals surface area contributed by atoms with Gasteiger partial charge in [-0.1, -0.05) is 60.7 Å². The van der Waals surface area contributed by atoms with Crippen molar-refractivity contribution in [2.75, 3.05) is 19.8 Å². The van der Waals surface area contributed by atoms with Crippen molar-refractivity contribution in [1.29, 1.82) is 0 Å². The zero-order chi connectivity index (χ0) is 44.1. The minimum absolute atomic E-state index is 0.0209. The van der Waals surface area contributed by atoms with E-state index in [-0.39, 0.29) is 38.5 Å². The number of hydrogen-bond acceptors (Lipinski definition) is 13. The second-order valence-corrected chi connectivity index (χ2v) is 14.6. The van der Waals surface area contributed by atoms with Gasteiger partial charge in [0.2, 0.25) is 23.6 Å². The van der Waals surface area contributed by atoms with Crippen LogP contribution in [-0.2, 0) is 49.5 Å². The number of pyridine rings is 1. The number of hydrogen-bond donors (Lipinski definition) is 7. The molecule has 2 heterocycles. The van der Waals surface area contributed by atoms with Gasteiger partial charge in [0.05, 0.1) is 36.4 Å². The molecule has 18 heteroatoms. The minimum atomic E-state index is -1.50. The Labute approximate surface area is 351 Å². The molecule has 8 atom stereocenters. The molecule has 326 valence electrons. The normalized spacial score (nSPS) is 20.2. The van der Waals surface area contributed by atoms with Crippen LogP contribution < -0.4 is 27.0 Å². The maximum atomic E-state index is 13.2. The SMILES string of the molecule is CC(=O)N[C@@H]1[C@H](OCc2ccccc2)OC(CO)C(O)[C@H]1OC(C)C(=O)N[C@H](C)C(=O)N[C@H](CCC(=O)OCCCNC(=O)c1cccc2cc3ccccc3nc12)C(N)=O. The highest BCUT2D eigenvalue weighted by molar-refractivity contribution is 6.07. The molecule has 0 aliphatic carbocycles. The van der Waals surface area contributed by atoms with Crippen LogP contribution >= 0.6 is 0 Å². The van der Waals surface area contributed by atoms with Crippen LogP contribution in [0.25, 0.3) is 21.8 Å². The lowest BCUT2D eigenvalue weighted by atomic mass is 9.96. The molecule has 4 aromatic rings. The molecule has 18 nitrogen and oxygen atoms in total. The van der Waals surface area contributed by atoms with Crippen molar-refractivity contribution in [3.05, 3.63) is 90.0 Å². The molecule has 8 N–H and O–H groups in total. The van der Waals surface area contributed by atoms with E-state index in [1.165, 1.54) is 20.8 Å². The molecule has 3 aromatic carbocycles. The van der Waals surface area contributed by atoms with Crippen molar-refractivity contribution in [3.8, 4) is 0 Å². The zero-order valence-corrected chi connectivity index (χ0v) is 34.1. The molecule has 1 fully saturated rings. The number of para-hydroxylation sites is 2. The Morgan fingerprint density at radius 3 is 2.36 bits per heavy atom. The second-order valence-electron chi connectivity index (χ2n) is 14.6. The Morgan fingerprint density at radius 2 is 1.64 bits per heavy atom. The highest BCUT2D eigenvalue weighted by Crippen LogP contribution is 2.27. The Balaban J connectivity index is 1.06. The van der Waals surface area contributed by atoms with Crippen LogP contribution in [0.3, 0.4) is 0 Å². The van der Waals surface area contributed by atoms with Gasteiger partial charge in [-0.05, 0) is 50.5 Å². The fourth-order valence-corrected chi connectivity index (χ4v) is 6.66. The van der Waals surface area contributed by atoms with Gasteiger partial charge in [0, 0.05) is 30.7 Å². The van der Waals surface area contributed by atoms with Crippen molar-refractivity contribution in [2.24, 2.45) is 5.73 Å². The first-order valence-corrected chi connectivity index (χ1v) is 19.9. The van der Waals surface area contributed by atoms with E-state index in [0.29, 0.717) is 17.5 Å². The molecule has 0 saturated carbocycles. The van der Waals surface area contributed by atoms with Crippen LogP contribution in [0.4, 0.5) is 0 Å². The molecule has 1 aromatic heterocycles. The number of nitrogens with two attached hydrogens (primary N) is 1. The number of ether oxygens (including phenoxy) is 4. The van der Waals surface area contributed by atoms with Crippen LogP contribution in [0.2, 0.25) is 0 Å². The largest absolute Gasteiger partial charge is 0.466 e. The predicted molar refractivity (Wildman–Crippen MR) is 220 cm³/mol. The minimum Gasteiger partial charge on any atom is -0.466 e. The lowest BCUT2D eigenvalue weighted by Gasteiger charge is -2.44. The summed E-state index contributed by atoms with van der Waals surface area (Å²) in [5.41, 5.74) is 8.04. The maximum Gasteiger partial charge on any atom is 0.305 e. The Hall–Kier alpha value is -6.05. The fourth-order valence-electron chi connectivity index (χ4n) is 6.66. The summed E-state index contributed by atoms with van der Waals surface area (Å²) in [6, 6.07) is 20.4. The number of aliphatic hydroxyl groups is 2. The molecular weight excluding hydrogens is 793 g/mol. The van der Waals surface area contributed by atoms with Crippen LogP contribution in [-0.4, -0.2) is 119 Å². The van der Waals surface area contributed by atoms with Gasteiger partial charge < -0.3 is 56.2 Å². The molecule has 5 amide bonds. The number of rotatable bonds is 20. The standard InChI is InChI=1S/C43H52N6O12/c1-24(46-41(56)25(2)60-38-36(47-26(3)51)43(61-33(22-50)37(38)53)59-23-27-11-5-4-6-12-27)40(55)49-32(39(44)54)17-18-34(52)58-20-10-19-45-42(57)30-15-9-14-29-21-28-13-7-8-16-31(28)48-35(29)30/h4-9,11-16,21,24-25,32-33,36-38,43,50,53H,10,17-20,22-23H2,1-3H3,(H2,44,54)(H,45,57)(H,46,56)(H,47,51)(H,49,55)/t24-,25?,32-,33?,36+,37?,38+,43-/m1/s1. The third-order valence-corrected chi connectivity index (χ3v) is 9.92. The van der Waals surface area contributed by atoms with Gasteiger partial charge in [-0.3, -0.25) is 28.8 Å². The molecule has 3 unspecified atom stereocenters. The lowest BCUT2D eigenvalue weighted by Crippen LogP contribution is -2.66. The Morgan fingerprint density at radius 1 is 0.918 bits per heavy atom. The number of primary amides is 1. The number of nitrogens with zero attached hydrogens (tertiary/aromatic N) is 1. The summed E-state index contributed by atoms with van der Waals surface area (Å²) >= 11 is 0. The van der Waals surface area contributed by atoms with Crippen LogP contribution in [0.15, 0.2) is 78.9 Å². The molecule has 0 radical (unpaired) electrons. The van der Waals surface area contributed by atoms with Gasteiger partial charge >= 0.3 is 5.97 Å². The molecule has 1 aliphatic rings. The number of carbonyl (C=O) groups is 6. The average Bonchev–Trinajstić information content (AvgIpc) is 3.24. The summed E-state index contributed by atoms with van der Waals surface area (Å²) in [6.07, 6.45) is -6.64. The molecule has 1 saturated heterocycles. The third kappa shape index (κ3) is 12.7. The first-order valence-electron chi connectivity index (χ1n) is 19.9. The van der Waals surface area contributed by atoms with Crippen molar-refractivity contribution in [2.45, 2.75) is 95.5 Å². The van der Waals surface area contributed by atoms with E-state index in [4.69, 9.17) is 24.7 Å². The van der Waals surface area contributed by atoms with E-state index >= 15 is 0 Å². The molecule has 0 spiro atoms. The first-order chi connectivity index (χ1) is 29.2. The van der Waals surface area contributed by atoms with E-state index in [2.05, 4.69) is 26.3 Å². The molecule has 0 bridgehead atoms. The monoisotopic (exact) mass is 844 g/mol. The first kappa shape index (κ1) is 46.0. The second kappa shape index (κ2) is 22.0. The number of aromatic nitrogens is 1. The number of benzene rings is 3. The van der Waals surface area contributed by atoms with E-state index < -0.39 is 85.0 Å². The predicted octanol–water partition coefficient (Wildman–Crippen LogP) is 0.879. The van der Waals surface area contributed by atoms with Crippen LogP contribution in [0.1, 0.15) is 56.0 Å². The van der Waals surface area contributed by atoms with E-state index in [1.807, 2.05) is 66.7 Å². The molecular formula is C43H52N6O12. The zero-order valence-electron chi connectivity index (χ0n) is 34.1. The van der Waals surface area contributed by atoms with E-state index in [1.54, 1.807) is 12.1 Å². The Kier molecular flexibility index (Phi) is 16.6. The summed E-state index contributed by atoms with van der Waals surface area (Å²) in [6.45, 7) is 3.57. The van der Waals surface area contributed by atoms with Crippen LogP contribution in [0, 0.1) is 0 Å². The molecule has 5 rings (SSSR count). The highest BCUT2D eigenvalue weighted by Gasteiger charge is 2.48. The van der Waals surface area contributed by atoms with Gasteiger partial charge in [0.1, 0.15) is 42.5 Å². The van der Waals surface area contributed by atoms with Gasteiger partial charge in [-0.2, -0.15) is 0 Å². The fraction of sp³-hybridized carbons (Fsp3) is 0.419. The smallest absolute Gasteiger partial charge is 0.305 e. The highest BCUT2D eigenvalue weighted by atomic mass is 16.7. The molecule has 1 aliphatic heterocycles. The number of carbonyl (C=O) groups excluding carboxylic acids is 6. The topological polar surface area (TPSA) is 267 Å². The quantitative estimate of drug-likeness (QED) is 0.0371. The third-order valence-electron chi connectivity index (χ3n) is 9.92. The number of esters is 1. The van der Waals surface area contributed by atoms with E-state index in [9.17, 15) is 39.0 Å². The summed E-state index contributed by atoms with van der Waals surface area (Å²) < 4.78 is 22.9. The van der Waals surface area contributed by atoms with Crippen molar-refractivity contribution < 1.29 is 57.9 Å². The summed E-state index contributed by atoms with van der Waals surface area (Å²) in [5, 5.41) is 33.1. The average molecular weight is 845 g/mol. The number of fused-ring (bicyclic) bond motifs is 2. The van der Waals surface area contributed by atoms with Gasteiger partial charge in [0.25, 0.3) is 5.91 Å². The number of amides is 5. The van der Waals surface area contributed by atoms with Gasteiger partial charge in [0.15, 0.2) is 6.29 Å². The van der Waals surface area contributed by atoms with Gasteiger partial charge in [-0.15, -0.1) is 0 Å². The summed E-state index contributed by atoms with van der Waals surface area (Å²) in [5.74, 6) is -3.99. The summed E-state index contributed by atoms with van der Waals surface area (Å²) in [7, 11) is 0. The lowest BCUT2D eigenvalue weighted by molar-refractivity contribution is -0.283. The van der Waals surface area contributed by atoms with Crippen molar-refractivity contribution in [3.63, 3.8) is 0 Å². The van der Waals surface area contributed by atoms with Crippen molar-refractivity contribution in [1.82, 2.24) is 26.3 Å². The number of aliphatic hydroxyl groups excluding tert-OH is 2. The Bertz CT molecular complexity index is 2170. The van der Waals surface area contributed by atoms with E-state index in [0.717, 1.165) is 21.9 Å². The maximum absolute atomic E-state index is 13.2. The van der Waals surface area contributed by atoms with Crippen LogP contribution in [0.5, 0.6) is 0 Å². The molecule has 61 heavy (non-hydrogen) atoms. The van der Waals surface area contributed by atoms with Crippen molar-refractivity contribution >= 4 is 57.3 Å². The number of nitrogens with one attached hydrogen (secondary N) is 4. The summed E-state index contributed by atoms with van der Waals surface area (Å²) in [4.78, 5) is 80.8. The van der Waals surface area contributed by atoms with Gasteiger partial charge in [-0.25, -0.2) is 4.98 Å².